The summed E-state index contributed by atoms with van der Waals surface area (Å²) in [5.74, 6) is -0.845. The first-order chi connectivity index (χ1) is 17.3. The molecule has 2 aromatic carbocycles. The number of nitrogens with zero attached hydrogens (tertiary/aromatic N) is 3. The molecule has 0 spiro atoms. The summed E-state index contributed by atoms with van der Waals surface area (Å²) >= 11 is 4.35. The van der Waals surface area contributed by atoms with Crippen LogP contribution in [-0.4, -0.2) is 44.0 Å². The second-order valence-electron chi connectivity index (χ2n) is 9.17. The number of halogens is 2. The molecule has 0 aliphatic carbocycles. The van der Waals surface area contributed by atoms with Crippen LogP contribution in [0.4, 0.5) is 9.18 Å². The van der Waals surface area contributed by atoms with E-state index in [-0.39, 0.29) is 35.5 Å². The van der Waals surface area contributed by atoms with Gasteiger partial charge in [-0.2, -0.15) is 0 Å². The molecule has 3 heterocycles. The molecule has 0 unspecified atom stereocenters. The summed E-state index contributed by atoms with van der Waals surface area (Å²) in [5, 5.41) is 0.429. The lowest BCUT2D eigenvalue weighted by Crippen LogP contribution is -2.43. The van der Waals surface area contributed by atoms with Gasteiger partial charge < -0.3 is 9.47 Å². The standard InChI is InChI=1S/C27H25BrFN3O3S/c1-17-6-4-5-11-31(17)25(33)16-30-14-19(21-13-20(28)9-10-23(21)30)12-24-26(34)32(27(35)36-24)15-18-7-2-3-8-22(18)29/h2-3,7-10,12-14,17H,4-6,11,15-16H2,1H3/b24-12-/t17-/m0/s1. The molecule has 0 radical (unpaired) electrons. The van der Waals surface area contributed by atoms with Crippen LogP contribution in [0.2, 0.25) is 0 Å². The summed E-state index contributed by atoms with van der Waals surface area (Å²) in [6, 6.07) is 12.1. The Morgan fingerprint density at radius 1 is 1.19 bits per heavy atom. The third kappa shape index (κ3) is 4.86. The highest BCUT2D eigenvalue weighted by Gasteiger charge is 2.35. The van der Waals surface area contributed by atoms with Crippen molar-refractivity contribution in [2.45, 2.75) is 45.3 Å². The molecule has 0 saturated carbocycles. The van der Waals surface area contributed by atoms with Gasteiger partial charge in [0.25, 0.3) is 11.1 Å². The lowest BCUT2D eigenvalue weighted by atomic mass is 10.0. The van der Waals surface area contributed by atoms with Crippen LogP contribution in [0.3, 0.4) is 0 Å². The zero-order chi connectivity index (χ0) is 25.4. The monoisotopic (exact) mass is 569 g/mol. The quantitative estimate of drug-likeness (QED) is 0.344. The molecule has 1 aromatic heterocycles. The highest BCUT2D eigenvalue weighted by Crippen LogP contribution is 2.36. The number of imide groups is 1. The first-order valence-electron chi connectivity index (χ1n) is 11.9. The number of benzene rings is 2. The van der Waals surface area contributed by atoms with Gasteiger partial charge in [0.05, 0.1) is 11.4 Å². The maximum absolute atomic E-state index is 14.1. The fourth-order valence-electron chi connectivity index (χ4n) is 4.82. The summed E-state index contributed by atoms with van der Waals surface area (Å²) in [6.45, 7) is 2.94. The molecule has 6 nitrogen and oxygen atoms in total. The van der Waals surface area contributed by atoms with Gasteiger partial charge in [-0.15, -0.1) is 0 Å². The predicted octanol–water partition coefficient (Wildman–Crippen LogP) is 6.18. The van der Waals surface area contributed by atoms with Gasteiger partial charge in [0.15, 0.2) is 0 Å². The minimum Gasteiger partial charge on any atom is -0.338 e. The third-order valence-electron chi connectivity index (χ3n) is 6.75. The Morgan fingerprint density at radius 3 is 2.78 bits per heavy atom. The highest BCUT2D eigenvalue weighted by molar-refractivity contribution is 9.10. The lowest BCUT2D eigenvalue weighted by Gasteiger charge is -2.33. The molecule has 9 heteroatoms. The number of carbonyl (C=O) groups excluding carboxylic acids is 3. The molecule has 1 atom stereocenters. The molecular weight excluding hydrogens is 545 g/mol. The van der Waals surface area contributed by atoms with E-state index >= 15 is 0 Å². The van der Waals surface area contributed by atoms with E-state index in [0.717, 1.165) is 63.4 Å². The van der Waals surface area contributed by atoms with Crippen molar-refractivity contribution < 1.29 is 18.8 Å². The van der Waals surface area contributed by atoms with Crippen LogP contribution >= 0.6 is 27.7 Å². The van der Waals surface area contributed by atoms with Gasteiger partial charge in [0.1, 0.15) is 12.4 Å². The summed E-state index contributed by atoms with van der Waals surface area (Å²) < 4.78 is 16.9. The van der Waals surface area contributed by atoms with Crippen LogP contribution in [0, 0.1) is 5.82 Å². The zero-order valence-electron chi connectivity index (χ0n) is 19.7. The van der Waals surface area contributed by atoms with Gasteiger partial charge in [0.2, 0.25) is 5.91 Å². The Kier molecular flexibility index (Phi) is 7.03. The molecule has 3 aromatic rings. The van der Waals surface area contributed by atoms with Gasteiger partial charge in [-0.1, -0.05) is 34.1 Å². The molecule has 5 rings (SSSR count). The van der Waals surface area contributed by atoms with E-state index < -0.39 is 17.0 Å². The second kappa shape index (κ2) is 10.2. The normalized spacial score (nSPS) is 19.6. The Bertz CT molecular complexity index is 1400. The molecule has 0 N–H and O–H groups in total. The molecule has 3 amide bonds. The Hall–Kier alpha value is -2.91. The van der Waals surface area contributed by atoms with E-state index in [1.165, 1.54) is 6.07 Å². The Labute approximate surface area is 221 Å². The molecule has 2 saturated heterocycles. The summed E-state index contributed by atoms with van der Waals surface area (Å²) in [7, 11) is 0. The van der Waals surface area contributed by atoms with Gasteiger partial charge in [-0.25, -0.2) is 4.39 Å². The van der Waals surface area contributed by atoms with Crippen molar-refractivity contribution in [2.75, 3.05) is 6.54 Å². The highest BCUT2D eigenvalue weighted by atomic mass is 79.9. The summed E-state index contributed by atoms with van der Waals surface area (Å²) in [4.78, 5) is 42.1. The van der Waals surface area contributed by atoms with Crippen LogP contribution < -0.4 is 0 Å². The van der Waals surface area contributed by atoms with Crippen LogP contribution in [-0.2, 0) is 22.7 Å². The first-order valence-corrected chi connectivity index (χ1v) is 13.5. The fourth-order valence-corrected chi connectivity index (χ4v) is 6.01. The van der Waals surface area contributed by atoms with Gasteiger partial charge in [-0.3, -0.25) is 19.3 Å². The molecule has 0 bridgehead atoms. The van der Waals surface area contributed by atoms with Crippen LogP contribution in [0.25, 0.3) is 17.0 Å². The van der Waals surface area contributed by atoms with Crippen molar-refractivity contribution in [1.29, 1.82) is 0 Å². The van der Waals surface area contributed by atoms with Crippen molar-refractivity contribution >= 4 is 61.7 Å². The van der Waals surface area contributed by atoms with Crippen LogP contribution in [0.1, 0.15) is 37.3 Å². The number of hydrogen-bond donors (Lipinski definition) is 0. The molecular formula is C27H25BrFN3O3S. The number of hydrogen-bond acceptors (Lipinski definition) is 4. The number of thioether (sulfide) groups is 1. The molecule has 36 heavy (non-hydrogen) atoms. The van der Waals surface area contributed by atoms with E-state index in [1.807, 2.05) is 33.9 Å². The lowest BCUT2D eigenvalue weighted by molar-refractivity contribution is -0.135. The average Bonchev–Trinajstić information content (AvgIpc) is 3.31. The van der Waals surface area contributed by atoms with Crippen LogP contribution in [0.5, 0.6) is 0 Å². The van der Waals surface area contributed by atoms with E-state index in [2.05, 4.69) is 22.9 Å². The van der Waals surface area contributed by atoms with Crippen molar-refractivity contribution in [3.8, 4) is 0 Å². The number of carbonyl (C=O) groups is 3. The summed E-state index contributed by atoms with van der Waals surface area (Å²) in [5.41, 5.74) is 1.89. The van der Waals surface area contributed by atoms with Gasteiger partial charge in [-0.05, 0) is 68.3 Å². The number of fused-ring (bicyclic) bond motifs is 1. The largest absolute Gasteiger partial charge is 0.338 e. The number of aromatic nitrogens is 1. The topological polar surface area (TPSA) is 62.6 Å². The number of piperidine rings is 1. The van der Waals surface area contributed by atoms with Crippen molar-refractivity contribution in [1.82, 2.24) is 14.4 Å². The third-order valence-corrected chi connectivity index (χ3v) is 8.15. The molecule has 2 aliphatic rings. The smallest absolute Gasteiger partial charge is 0.293 e. The minimum atomic E-state index is -0.457. The molecule has 186 valence electrons. The van der Waals surface area contributed by atoms with Crippen molar-refractivity contribution in [3.63, 3.8) is 0 Å². The maximum atomic E-state index is 14.1. The van der Waals surface area contributed by atoms with Gasteiger partial charge >= 0.3 is 0 Å². The number of likely N-dealkylation sites (tertiary alicyclic amines) is 1. The molecule has 2 aliphatic heterocycles. The van der Waals surface area contributed by atoms with Crippen molar-refractivity contribution in [3.05, 3.63) is 75.0 Å². The van der Waals surface area contributed by atoms with E-state index in [9.17, 15) is 18.8 Å². The maximum Gasteiger partial charge on any atom is 0.293 e. The Morgan fingerprint density at radius 2 is 2.00 bits per heavy atom. The van der Waals surface area contributed by atoms with E-state index in [0.29, 0.717) is 0 Å². The summed E-state index contributed by atoms with van der Waals surface area (Å²) in [6.07, 6.45) is 6.71. The first kappa shape index (κ1) is 24.8. The number of rotatable bonds is 5. The SMILES string of the molecule is C[C@H]1CCCCN1C(=O)Cn1cc(/C=C2\SC(=O)N(Cc3ccccc3F)C2=O)c2cc(Br)ccc21. The average molecular weight is 570 g/mol. The van der Waals surface area contributed by atoms with Crippen molar-refractivity contribution in [2.24, 2.45) is 0 Å². The minimum absolute atomic E-state index is 0.0683. The number of amides is 3. The predicted molar refractivity (Wildman–Crippen MR) is 143 cm³/mol. The van der Waals surface area contributed by atoms with Crippen LogP contribution in [0.15, 0.2) is 58.0 Å². The fraction of sp³-hybridized carbons (Fsp3) is 0.296. The Balaban J connectivity index is 1.44. The van der Waals surface area contributed by atoms with Gasteiger partial charge in [0, 0.05) is 45.3 Å². The van der Waals surface area contributed by atoms with E-state index in [1.54, 1.807) is 24.3 Å². The van der Waals surface area contributed by atoms with E-state index in [4.69, 9.17) is 0 Å². The molecule has 2 fully saturated rings. The second-order valence-corrected chi connectivity index (χ2v) is 11.1. The zero-order valence-corrected chi connectivity index (χ0v) is 22.1.